The Morgan fingerprint density at radius 2 is 0.476 bits per heavy atom. The Kier molecular flexibility index (Phi) is 67.2. The quantitative estimate of drug-likeness (QED) is 0.0261. The fourth-order valence-electron chi connectivity index (χ4n) is 10.3. The Morgan fingerprint density at radius 3 is 0.768 bits per heavy atom. The minimum Gasteiger partial charge on any atom is -0.462 e. The van der Waals surface area contributed by atoms with Gasteiger partial charge in [-0.3, -0.25) is 14.4 Å². The molecule has 82 heavy (non-hydrogen) atoms. The van der Waals surface area contributed by atoms with Gasteiger partial charge < -0.3 is 14.2 Å². The second kappa shape index (κ2) is 70.1. The molecule has 0 radical (unpaired) electrons. The van der Waals surface area contributed by atoms with Gasteiger partial charge in [0.1, 0.15) is 13.2 Å². The fraction of sp³-hybridized carbons (Fsp3) is 0.776. The Balaban J connectivity index is 4.33. The SMILES string of the molecule is CC/C=C\C/C=C\C/C=C\C/C=C\CCCCCCCCCCCCC(=O)OC(COC(=O)CCCCCCC/C=C\C/C=C\CCCCCC)COC(=O)CCCCCCCCCCCCCCC/C=C\CCCCCCCCCC. The fourth-order valence-corrected chi connectivity index (χ4v) is 10.3. The minimum absolute atomic E-state index is 0.0805. The van der Waals surface area contributed by atoms with Gasteiger partial charge in [0, 0.05) is 19.3 Å². The molecule has 6 heteroatoms. The van der Waals surface area contributed by atoms with Crippen molar-refractivity contribution in [1.29, 1.82) is 0 Å². The lowest BCUT2D eigenvalue weighted by Crippen LogP contribution is -2.30. The first kappa shape index (κ1) is 78.6. The third-order valence-corrected chi connectivity index (χ3v) is 15.6. The normalized spacial score (nSPS) is 12.6. The third kappa shape index (κ3) is 67.4. The Bertz CT molecular complexity index is 1550. The van der Waals surface area contributed by atoms with Crippen molar-refractivity contribution in [2.75, 3.05) is 13.2 Å². The molecule has 0 heterocycles. The zero-order valence-corrected chi connectivity index (χ0v) is 54.5. The number of esters is 3. The third-order valence-electron chi connectivity index (χ3n) is 15.6. The molecule has 474 valence electrons. The van der Waals surface area contributed by atoms with Crippen LogP contribution in [0.2, 0.25) is 0 Å². The molecule has 0 bridgehead atoms. The van der Waals surface area contributed by atoms with E-state index in [9.17, 15) is 14.4 Å². The topological polar surface area (TPSA) is 78.9 Å². The van der Waals surface area contributed by atoms with Crippen molar-refractivity contribution in [2.45, 2.75) is 367 Å². The number of carbonyl (C=O) groups excluding carboxylic acids is 3. The highest BCUT2D eigenvalue weighted by Crippen LogP contribution is 2.17. The molecule has 0 aromatic carbocycles. The standard InChI is InChI=1S/C76H134O6/c1-4-7-10-13-16-19-22-25-28-31-33-35-37-38-40-41-43-45-48-51-54-57-60-63-66-69-75(78)81-72-73(71-80-74(77)68-65-62-59-56-53-50-47-30-27-24-21-18-15-12-9-6-3)82-76(79)70-67-64-61-58-55-52-49-46-44-42-39-36-34-32-29-26-23-20-17-14-11-8-5-2/h8,11,17,20-21,24,26,29-31,33-34,36,47,73H,4-7,9-10,12-16,18-19,22-23,25,27-28,32,35,37-46,48-72H2,1-3H3/b11-8-,20-17-,24-21-,29-26-,33-31-,36-34-,47-30-. The van der Waals surface area contributed by atoms with Gasteiger partial charge in [0.05, 0.1) is 0 Å². The number of unbranched alkanes of at least 4 members (excludes halogenated alkanes) is 40. The Labute approximate surface area is 509 Å². The predicted octanol–water partition coefficient (Wildman–Crippen LogP) is 24.6. The average Bonchev–Trinajstić information content (AvgIpc) is 3.47. The minimum atomic E-state index is -0.787. The summed E-state index contributed by atoms with van der Waals surface area (Å²) < 4.78 is 17.0. The molecule has 0 saturated carbocycles. The summed E-state index contributed by atoms with van der Waals surface area (Å²) in [7, 11) is 0. The predicted molar refractivity (Wildman–Crippen MR) is 358 cm³/mol. The van der Waals surface area contributed by atoms with Crippen molar-refractivity contribution >= 4 is 17.9 Å². The summed E-state index contributed by atoms with van der Waals surface area (Å²) in [6.07, 6.45) is 93.2. The van der Waals surface area contributed by atoms with E-state index in [1.807, 2.05) is 0 Å². The average molecular weight is 1140 g/mol. The van der Waals surface area contributed by atoms with E-state index in [1.165, 1.54) is 218 Å². The van der Waals surface area contributed by atoms with Crippen LogP contribution >= 0.6 is 0 Å². The molecule has 6 nitrogen and oxygen atoms in total. The first-order valence-electron chi connectivity index (χ1n) is 35.6. The summed E-state index contributed by atoms with van der Waals surface area (Å²) >= 11 is 0. The summed E-state index contributed by atoms with van der Waals surface area (Å²) in [6, 6.07) is 0. The van der Waals surface area contributed by atoms with E-state index in [0.717, 1.165) is 103 Å². The summed E-state index contributed by atoms with van der Waals surface area (Å²) in [4.78, 5) is 38.5. The molecular formula is C76H134O6. The molecule has 0 amide bonds. The molecule has 0 aliphatic carbocycles. The summed E-state index contributed by atoms with van der Waals surface area (Å²) in [5.41, 5.74) is 0. The van der Waals surface area contributed by atoms with Crippen LogP contribution in [0.25, 0.3) is 0 Å². The smallest absolute Gasteiger partial charge is 0.306 e. The molecule has 0 saturated heterocycles. The largest absolute Gasteiger partial charge is 0.462 e. The van der Waals surface area contributed by atoms with Crippen molar-refractivity contribution in [3.8, 4) is 0 Å². The maximum absolute atomic E-state index is 13.0. The lowest BCUT2D eigenvalue weighted by atomic mass is 10.0. The molecule has 0 N–H and O–H groups in total. The van der Waals surface area contributed by atoms with Gasteiger partial charge in [0.15, 0.2) is 6.10 Å². The van der Waals surface area contributed by atoms with Crippen LogP contribution in [-0.4, -0.2) is 37.2 Å². The number of allylic oxidation sites excluding steroid dienone is 14. The van der Waals surface area contributed by atoms with Gasteiger partial charge in [-0.2, -0.15) is 0 Å². The number of carbonyl (C=O) groups is 3. The van der Waals surface area contributed by atoms with Crippen LogP contribution in [0, 0.1) is 0 Å². The van der Waals surface area contributed by atoms with Gasteiger partial charge in [0.2, 0.25) is 0 Å². The molecule has 0 aliphatic rings. The molecule has 1 unspecified atom stereocenters. The van der Waals surface area contributed by atoms with Crippen LogP contribution in [0.5, 0.6) is 0 Å². The first-order chi connectivity index (χ1) is 40.5. The maximum Gasteiger partial charge on any atom is 0.306 e. The van der Waals surface area contributed by atoms with Crippen molar-refractivity contribution in [3.05, 3.63) is 85.1 Å². The van der Waals surface area contributed by atoms with Crippen molar-refractivity contribution in [3.63, 3.8) is 0 Å². The van der Waals surface area contributed by atoms with Crippen LogP contribution in [0.4, 0.5) is 0 Å². The molecule has 0 aromatic heterocycles. The monoisotopic (exact) mass is 1140 g/mol. The van der Waals surface area contributed by atoms with Crippen LogP contribution < -0.4 is 0 Å². The van der Waals surface area contributed by atoms with Crippen LogP contribution in [0.3, 0.4) is 0 Å². The van der Waals surface area contributed by atoms with E-state index in [-0.39, 0.29) is 31.1 Å². The molecule has 0 aliphatic heterocycles. The van der Waals surface area contributed by atoms with Crippen LogP contribution in [-0.2, 0) is 28.6 Å². The molecule has 0 spiro atoms. The molecule has 1 atom stereocenters. The second-order valence-electron chi connectivity index (χ2n) is 23.8. The van der Waals surface area contributed by atoms with E-state index in [0.29, 0.717) is 19.3 Å². The zero-order valence-electron chi connectivity index (χ0n) is 54.5. The van der Waals surface area contributed by atoms with E-state index in [4.69, 9.17) is 14.2 Å². The van der Waals surface area contributed by atoms with Gasteiger partial charge in [-0.05, 0) is 116 Å². The van der Waals surface area contributed by atoms with Crippen LogP contribution in [0.1, 0.15) is 361 Å². The first-order valence-corrected chi connectivity index (χ1v) is 35.6. The van der Waals surface area contributed by atoms with Gasteiger partial charge in [-0.25, -0.2) is 0 Å². The Hall–Kier alpha value is -3.41. The number of hydrogen-bond donors (Lipinski definition) is 0. The molecular weight excluding hydrogens is 1010 g/mol. The Morgan fingerprint density at radius 1 is 0.256 bits per heavy atom. The molecule has 0 rings (SSSR count). The molecule has 0 fully saturated rings. The lowest BCUT2D eigenvalue weighted by Gasteiger charge is -2.18. The van der Waals surface area contributed by atoms with E-state index < -0.39 is 6.10 Å². The van der Waals surface area contributed by atoms with E-state index in [2.05, 4.69) is 106 Å². The van der Waals surface area contributed by atoms with Gasteiger partial charge in [-0.15, -0.1) is 0 Å². The highest BCUT2D eigenvalue weighted by Gasteiger charge is 2.19. The highest BCUT2D eigenvalue weighted by molar-refractivity contribution is 5.71. The number of hydrogen-bond acceptors (Lipinski definition) is 6. The second-order valence-corrected chi connectivity index (χ2v) is 23.8. The van der Waals surface area contributed by atoms with Crippen LogP contribution in [0.15, 0.2) is 85.1 Å². The highest BCUT2D eigenvalue weighted by atomic mass is 16.6. The number of ether oxygens (including phenoxy) is 3. The van der Waals surface area contributed by atoms with Crippen molar-refractivity contribution in [1.82, 2.24) is 0 Å². The number of rotatable bonds is 65. The van der Waals surface area contributed by atoms with Gasteiger partial charge in [-0.1, -0.05) is 311 Å². The summed E-state index contributed by atoms with van der Waals surface area (Å²) in [6.45, 7) is 6.55. The lowest BCUT2D eigenvalue weighted by molar-refractivity contribution is -0.167. The molecule has 0 aromatic rings. The summed E-state index contributed by atoms with van der Waals surface area (Å²) in [5.74, 6) is -0.881. The van der Waals surface area contributed by atoms with Gasteiger partial charge in [0.25, 0.3) is 0 Å². The maximum atomic E-state index is 13.0. The summed E-state index contributed by atoms with van der Waals surface area (Å²) in [5, 5.41) is 0. The van der Waals surface area contributed by atoms with Gasteiger partial charge >= 0.3 is 17.9 Å². The van der Waals surface area contributed by atoms with Crippen molar-refractivity contribution in [2.24, 2.45) is 0 Å². The van der Waals surface area contributed by atoms with E-state index in [1.54, 1.807) is 0 Å². The van der Waals surface area contributed by atoms with Crippen molar-refractivity contribution < 1.29 is 28.6 Å². The van der Waals surface area contributed by atoms with E-state index >= 15 is 0 Å². The zero-order chi connectivity index (χ0) is 59.2.